The topological polar surface area (TPSA) is 82.1 Å². The molecule has 0 aliphatic carbocycles. The first-order chi connectivity index (χ1) is 12.9. The maximum absolute atomic E-state index is 12.6. The number of ketones is 1. The summed E-state index contributed by atoms with van der Waals surface area (Å²) in [5, 5.41) is 10.2. The number of phenols is 1. The number of Topliss-reactive ketones (excluding diaryl/α,β-unsaturated/α-hetero) is 1. The molecule has 4 rings (SSSR count). The Kier molecular flexibility index (Phi) is 3.91. The van der Waals surface area contributed by atoms with Gasteiger partial charge in [0.2, 0.25) is 5.78 Å². The lowest BCUT2D eigenvalue weighted by molar-refractivity contribution is -0.135. The molecule has 0 bridgehead atoms. The highest BCUT2D eigenvalue weighted by molar-refractivity contribution is 6.13. The fourth-order valence-electron chi connectivity index (χ4n) is 3.53. The zero-order valence-electron chi connectivity index (χ0n) is 15.2. The van der Waals surface area contributed by atoms with Crippen LogP contribution in [0.2, 0.25) is 0 Å². The number of carbonyl (C=O) groups excluding carboxylic acids is 2. The number of rotatable bonds is 2. The molecule has 0 saturated carbocycles. The van der Waals surface area contributed by atoms with E-state index in [0.717, 1.165) is 5.57 Å². The lowest BCUT2D eigenvalue weighted by Crippen LogP contribution is -2.21. The summed E-state index contributed by atoms with van der Waals surface area (Å²) in [4.78, 5) is 24.8. The predicted molar refractivity (Wildman–Crippen MR) is 96.5 cm³/mol. The van der Waals surface area contributed by atoms with Gasteiger partial charge in [0.25, 0.3) is 0 Å². The van der Waals surface area contributed by atoms with Crippen LogP contribution in [0.3, 0.4) is 0 Å². The molecule has 27 heavy (non-hydrogen) atoms. The number of allylic oxidation sites excluding steroid dienone is 2. The van der Waals surface area contributed by atoms with Gasteiger partial charge in [0.05, 0.1) is 19.1 Å². The summed E-state index contributed by atoms with van der Waals surface area (Å²) in [5.74, 6) is 0.438. The standard InChI is InChI=1S/C21H18O6/c1-10(2)20-19(24)12-5-7-16-18(21(12)27-20)13(9-17(23)26-16)11-4-6-15(25-3)14(22)8-11/h4-8,13,22H,9H2,1-3H3/t13-/m1/s1. The van der Waals surface area contributed by atoms with E-state index in [-0.39, 0.29) is 23.9 Å². The van der Waals surface area contributed by atoms with Gasteiger partial charge in [-0.1, -0.05) is 6.07 Å². The molecule has 1 atom stereocenters. The molecule has 2 aromatic rings. The van der Waals surface area contributed by atoms with E-state index in [1.165, 1.54) is 7.11 Å². The third kappa shape index (κ3) is 2.65. The summed E-state index contributed by atoms with van der Waals surface area (Å²) < 4.78 is 16.4. The molecule has 0 spiro atoms. The maximum atomic E-state index is 12.6. The van der Waals surface area contributed by atoms with Crippen molar-refractivity contribution in [1.29, 1.82) is 0 Å². The molecule has 2 aromatic carbocycles. The van der Waals surface area contributed by atoms with Crippen LogP contribution in [0.1, 0.15) is 47.7 Å². The average molecular weight is 366 g/mol. The molecule has 2 aliphatic heterocycles. The van der Waals surface area contributed by atoms with Crippen molar-refractivity contribution < 1.29 is 28.9 Å². The van der Waals surface area contributed by atoms with Crippen LogP contribution >= 0.6 is 0 Å². The normalized spacial score (nSPS) is 17.7. The molecule has 1 N–H and O–H groups in total. The fraction of sp³-hybridized carbons (Fsp3) is 0.238. The second kappa shape index (κ2) is 6.16. The van der Waals surface area contributed by atoms with Crippen LogP contribution in [0.4, 0.5) is 0 Å². The van der Waals surface area contributed by atoms with Crippen LogP contribution in [-0.4, -0.2) is 24.0 Å². The van der Waals surface area contributed by atoms with Crippen LogP contribution in [0.5, 0.6) is 23.0 Å². The minimum atomic E-state index is -0.405. The van der Waals surface area contributed by atoms with Crippen LogP contribution in [-0.2, 0) is 4.79 Å². The minimum absolute atomic E-state index is 0.0231. The number of esters is 1. The summed E-state index contributed by atoms with van der Waals surface area (Å²) in [6.45, 7) is 3.62. The molecule has 0 amide bonds. The lowest BCUT2D eigenvalue weighted by atomic mass is 9.84. The Morgan fingerprint density at radius 1 is 1.15 bits per heavy atom. The van der Waals surface area contributed by atoms with E-state index < -0.39 is 5.92 Å². The summed E-state index contributed by atoms with van der Waals surface area (Å²) >= 11 is 0. The van der Waals surface area contributed by atoms with Crippen molar-refractivity contribution in [3.8, 4) is 23.0 Å². The first-order valence-corrected chi connectivity index (χ1v) is 8.55. The number of hydrogen-bond donors (Lipinski definition) is 1. The van der Waals surface area contributed by atoms with E-state index in [2.05, 4.69) is 0 Å². The number of aromatic hydroxyl groups is 1. The van der Waals surface area contributed by atoms with Gasteiger partial charge in [-0.2, -0.15) is 0 Å². The predicted octanol–water partition coefficient (Wildman–Crippen LogP) is 3.71. The molecule has 0 aromatic heterocycles. The Labute approximate surface area is 156 Å². The van der Waals surface area contributed by atoms with E-state index in [4.69, 9.17) is 14.2 Å². The first kappa shape index (κ1) is 17.1. The highest BCUT2D eigenvalue weighted by Crippen LogP contribution is 2.49. The van der Waals surface area contributed by atoms with Crippen molar-refractivity contribution in [1.82, 2.24) is 0 Å². The number of methoxy groups -OCH3 is 1. The number of hydrogen-bond acceptors (Lipinski definition) is 6. The van der Waals surface area contributed by atoms with Gasteiger partial charge in [-0.3, -0.25) is 9.59 Å². The van der Waals surface area contributed by atoms with E-state index in [1.54, 1.807) is 30.3 Å². The smallest absolute Gasteiger partial charge is 0.312 e. The van der Waals surface area contributed by atoms with Crippen molar-refractivity contribution in [2.75, 3.05) is 7.11 Å². The minimum Gasteiger partial charge on any atom is -0.504 e. The van der Waals surface area contributed by atoms with Crippen LogP contribution in [0.15, 0.2) is 41.7 Å². The molecule has 0 fully saturated rings. The van der Waals surface area contributed by atoms with Gasteiger partial charge < -0.3 is 19.3 Å². The summed E-state index contributed by atoms with van der Waals surface area (Å²) in [6, 6.07) is 8.22. The third-order valence-corrected chi connectivity index (χ3v) is 4.81. The second-order valence-corrected chi connectivity index (χ2v) is 6.78. The van der Waals surface area contributed by atoms with Gasteiger partial charge in [0.1, 0.15) is 11.5 Å². The number of fused-ring (bicyclic) bond motifs is 3. The third-order valence-electron chi connectivity index (χ3n) is 4.81. The Bertz CT molecular complexity index is 1010. The SMILES string of the molecule is COc1ccc([C@H]2CC(=O)Oc3ccc4c(c32)OC(=C(C)C)C4=O)cc1O. The Morgan fingerprint density at radius 2 is 1.93 bits per heavy atom. The van der Waals surface area contributed by atoms with E-state index in [9.17, 15) is 14.7 Å². The van der Waals surface area contributed by atoms with Crippen molar-refractivity contribution in [2.24, 2.45) is 0 Å². The van der Waals surface area contributed by atoms with Gasteiger partial charge in [-0.15, -0.1) is 0 Å². The molecule has 138 valence electrons. The zero-order chi connectivity index (χ0) is 19.3. The average Bonchev–Trinajstić information content (AvgIpc) is 2.98. The zero-order valence-corrected chi connectivity index (χ0v) is 15.2. The molecule has 2 aliphatic rings. The summed E-state index contributed by atoms with van der Waals surface area (Å²) in [5.41, 5.74) is 2.57. The summed E-state index contributed by atoms with van der Waals surface area (Å²) in [6.07, 6.45) is 0.0803. The van der Waals surface area contributed by atoms with Gasteiger partial charge in [0.15, 0.2) is 17.3 Å². The molecule has 6 heteroatoms. The van der Waals surface area contributed by atoms with Crippen molar-refractivity contribution >= 4 is 11.8 Å². The fourth-order valence-corrected chi connectivity index (χ4v) is 3.53. The lowest BCUT2D eigenvalue weighted by Gasteiger charge is -2.26. The number of ether oxygens (including phenoxy) is 3. The Hall–Kier alpha value is -3.28. The molecule has 2 heterocycles. The van der Waals surface area contributed by atoms with Crippen LogP contribution < -0.4 is 14.2 Å². The first-order valence-electron chi connectivity index (χ1n) is 8.55. The van der Waals surface area contributed by atoms with Gasteiger partial charge in [-0.05, 0) is 49.2 Å². The molecular formula is C21H18O6. The largest absolute Gasteiger partial charge is 0.504 e. The quantitative estimate of drug-likeness (QED) is 0.496. The number of carbonyl (C=O) groups is 2. The van der Waals surface area contributed by atoms with E-state index in [1.807, 2.05) is 13.8 Å². The van der Waals surface area contributed by atoms with Crippen LogP contribution in [0, 0.1) is 0 Å². The monoisotopic (exact) mass is 366 g/mol. The number of benzene rings is 2. The highest BCUT2D eigenvalue weighted by Gasteiger charge is 2.38. The number of phenolic OH excluding ortho intramolecular Hbond substituents is 1. The summed E-state index contributed by atoms with van der Waals surface area (Å²) in [7, 11) is 1.47. The second-order valence-electron chi connectivity index (χ2n) is 6.78. The Balaban J connectivity index is 1.90. The molecule has 0 saturated heterocycles. The van der Waals surface area contributed by atoms with Crippen molar-refractivity contribution in [2.45, 2.75) is 26.2 Å². The van der Waals surface area contributed by atoms with Crippen LogP contribution in [0.25, 0.3) is 0 Å². The van der Waals surface area contributed by atoms with Gasteiger partial charge >= 0.3 is 5.97 Å². The van der Waals surface area contributed by atoms with E-state index >= 15 is 0 Å². The van der Waals surface area contributed by atoms with Gasteiger partial charge in [0, 0.05) is 11.5 Å². The highest BCUT2D eigenvalue weighted by atomic mass is 16.5. The Morgan fingerprint density at radius 3 is 2.59 bits per heavy atom. The molecular weight excluding hydrogens is 348 g/mol. The van der Waals surface area contributed by atoms with E-state index in [0.29, 0.717) is 39.7 Å². The molecule has 0 radical (unpaired) electrons. The molecule has 0 unspecified atom stereocenters. The molecule has 6 nitrogen and oxygen atoms in total. The maximum Gasteiger partial charge on any atom is 0.312 e. The van der Waals surface area contributed by atoms with Crippen molar-refractivity contribution in [3.63, 3.8) is 0 Å². The van der Waals surface area contributed by atoms with Gasteiger partial charge in [-0.25, -0.2) is 0 Å². The van der Waals surface area contributed by atoms with Crippen molar-refractivity contribution in [3.05, 3.63) is 58.4 Å².